The SMILES string of the molecule is CCOC(=O)N1CCN(CC(=O)N2N=C(c3cccc(F)c3)CC2c2ccc(OC)cc2OC)CC1. The Morgan fingerprint density at radius 2 is 1.83 bits per heavy atom. The van der Waals surface area contributed by atoms with Crippen LogP contribution in [-0.4, -0.2) is 86.1 Å². The summed E-state index contributed by atoms with van der Waals surface area (Å²) in [7, 11) is 3.14. The summed E-state index contributed by atoms with van der Waals surface area (Å²) < 4.78 is 29.9. The van der Waals surface area contributed by atoms with E-state index in [1.807, 2.05) is 17.0 Å². The van der Waals surface area contributed by atoms with Crippen molar-refractivity contribution >= 4 is 17.7 Å². The van der Waals surface area contributed by atoms with E-state index in [2.05, 4.69) is 5.10 Å². The smallest absolute Gasteiger partial charge is 0.409 e. The Bertz CT molecular complexity index is 1130. The van der Waals surface area contributed by atoms with Crippen LogP contribution in [0.3, 0.4) is 0 Å². The van der Waals surface area contributed by atoms with Gasteiger partial charge < -0.3 is 19.1 Å². The Morgan fingerprint density at radius 1 is 1.06 bits per heavy atom. The van der Waals surface area contributed by atoms with E-state index in [4.69, 9.17) is 14.2 Å². The lowest BCUT2D eigenvalue weighted by Gasteiger charge is -2.34. The number of hydrazone groups is 1. The fourth-order valence-corrected chi connectivity index (χ4v) is 4.49. The van der Waals surface area contributed by atoms with E-state index in [1.165, 1.54) is 17.1 Å². The number of carbonyl (C=O) groups excluding carboxylic acids is 2. The molecular formula is C26H31FN4O5. The van der Waals surface area contributed by atoms with E-state index in [0.29, 0.717) is 62.0 Å². The van der Waals surface area contributed by atoms with Gasteiger partial charge in [0.2, 0.25) is 0 Å². The van der Waals surface area contributed by atoms with Crippen molar-refractivity contribution < 1.29 is 28.2 Å². The molecule has 2 heterocycles. The molecule has 2 aliphatic rings. The number of carbonyl (C=O) groups is 2. The molecule has 2 aromatic carbocycles. The summed E-state index contributed by atoms with van der Waals surface area (Å²) in [6, 6.07) is 11.2. The first-order valence-electron chi connectivity index (χ1n) is 11.9. The summed E-state index contributed by atoms with van der Waals surface area (Å²) in [5.74, 6) is 0.667. The summed E-state index contributed by atoms with van der Waals surface area (Å²) in [4.78, 5) is 29.1. The number of rotatable bonds is 7. The van der Waals surface area contributed by atoms with Crippen LogP contribution >= 0.6 is 0 Å². The molecule has 9 nitrogen and oxygen atoms in total. The van der Waals surface area contributed by atoms with Crippen molar-refractivity contribution in [1.82, 2.24) is 14.8 Å². The number of piperazine rings is 1. The second kappa shape index (κ2) is 11.4. The Balaban J connectivity index is 1.55. The first-order chi connectivity index (χ1) is 17.4. The molecule has 4 rings (SSSR count). The molecule has 0 bridgehead atoms. The predicted molar refractivity (Wildman–Crippen MR) is 132 cm³/mol. The summed E-state index contributed by atoms with van der Waals surface area (Å²) >= 11 is 0. The zero-order valence-corrected chi connectivity index (χ0v) is 20.8. The molecule has 192 valence electrons. The largest absolute Gasteiger partial charge is 0.497 e. The van der Waals surface area contributed by atoms with Crippen molar-refractivity contribution in [2.45, 2.75) is 19.4 Å². The fourth-order valence-electron chi connectivity index (χ4n) is 4.49. The van der Waals surface area contributed by atoms with E-state index in [-0.39, 0.29) is 24.4 Å². The maximum Gasteiger partial charge on any atom is 0.409 e. The number of nitrogens with zero attached hydrogens (tertiary/aromatic N) is 4. The van der Waals surface area contributed by atoms with Gasteiger partial charge in [0.15, 0.2) is 0 Å². The number of amides is 2. The molecule has 0 aromatic heterocycles. The number of ether oxygens (including phenoxy) is 3. The van der Waals surface area contributed by atoms with Crippen LogP contribution in [0.4, 0.5) is 9.18 Å². The van der Waals surface area contributed by atoms with Crippen LogP contribution < -0.4 is 9.47 Å². The van der Waals surface area contributed by atoms with Crippen LogP contribution in [-0.2, 0) is 9.53 Å². The molecule has 0 saturated carbocycles. The average molecular weight is 499 g/mol. The van der Waals surface area contributed by atoms with Crippen molar-refractivity contribution in [2.24, 2.45) is 5.10 Å². The Labute approximate surface area is 210 Å². The van der Waals surface area contributed by atoms with Crippen LogP contribution in [0.25, 0.3) is 0 Å². The van der Waals surface area contributed by atoms with Crippen LogP contribution in [0, 0.1) is 5.82 Å². The first kappa shape index (κ1) is 25.4. The van der Waals surface area contributed by atoms with Gasteiger partial charge >= 0.3 is 6.09 Å². The highest BCUT2D eigenvalue weighted by molar-refractivity contribution is 6.03. The van der Waals surface area contributed by atoms with E-state index in [9.17, 15) is 14.0 Å². The average Bonchev–Trinajstić information content (AvgIpc) is 3.34. The minimum Gasteiger partial charge on any atom is -0.497 e. The molecule has 1 atom stereocenters. The van der Waals surface area contributed by atoms with Gasteiger partial charge in [-0.05, 0) is 31.2 Å². The predicted octanol–water partition coefficient (Wildman–Crippen LogP) is 3.29. The third-order valence-electron chi connectivity index (χ3n) is 6.38. The van der Waals surface area contributed by atoms with Gasteiger partial charge in [-0.1, -0.05) is 12.1 Å². The highest BCUT2D eigenvalue weighted by Gasteiger charge is 2.36. The number of benzene rings is 2. The lowest BCUT2D eigenvalue weighted by atomic mass is 9.97. The quantitative estimate of drug-likeness (QED) is 0.583. The summed E-state index contributed by atoms with van der Waals surface area (Å²) in [5, 5.41) is 6.12. The molecule has 1 unspecified atom stereocenters. The summed E-state index contributed by atoms with van der Waals surface area (Å²) in [5.41, 5.74) is 2.04. The maximum atomic E-state index is 13.9. The zero-order valence-electron chi connectivity index (χ0n) is 20.8. The fraction of sp³-hybridized carbons (Fsp3) is 0.423. The zero-order chi connectivity index (χ0) is 25.7. The minimum absolute atomic E-state index is 0.144. The monoisotopic (exact) mass is 498 g/mol. The topological polar surface area (TPSA) is 83.9 Å². The van der Waals surface area contributed by atoms with Crippen molar-refractivity contribution in [2.75, 3.05) is 53.6 Å². The van der Waals surface area contributed by atoms with E-state index in [0.717, 1.165) is 5.56 Å². The molecule has 0 spiro atoms. The number of halogens is 1. The normalized spacial score (nSPS) is 18.1. The second-order valence-corrected chi connectivity index (χ2v) is 8.59. The Morgan fingerprint density at radius 3 is 2.50 bits per heavy atom. The molecule has 2 amide bonds. The Kier molecular flexibility index (Phi) is 8.04. The molecule has 2 aliphatic heterocycles. The second-order valence-electron chi connectivity index (χ2n) is 8.59. The van der Waals surface area contributed by atoms with Crippen LogP contribution in [0.5, 0.6) is 11.5 Å². The van der Waals surface area contributed by atoms with Crippen LogP contribution in [0.15, 0.2) is 47.6 Å². The lowest BCUT2D eigenvalue weighted by Crippen LogP contribution is -2.51. The first-order valence-corrected chi connectivity index (χ1v) is 11.9. The number of hydrogen-bond donors (Lipinski definition) is 0. The third kappa shape index (κ3) is 5.59. The van der Waals surface area contributed by atoms with Crippen molar-refractivity contribution in [3.63, 3.8) is 0 Å². The van der Waals surface area contributed by atoms with Gasteiger partial charge in [-0.25, -0.2) is 14.2 Å². The van der Waals surface area contributed by atoms with Gasteiger partial charge in [0.1, 0.15) is 17.3 Å². The molecule has 10 heteroatoms. The molecule has 36 heavy (non-hydrogen) atoms. The molecule has 1 fully saturated rings. The minimum atomic E-state index is -0.419. The highest BCUT2D eigenvalue weighted by atomic mass is 19.1. The standard InChI is InChI=1S/C26H31FN4O5/c1-4-36-26(33)30-12-10-29(11-13-30)17-25(32)31-23(21-9-8-20(34-2)15-24(21)35-3)16-22(28-31)18-6-5-7-19(27)14-18/h5-9,14-15,23H,4,10-13,16-17H2,1-3H3. The van der Waals surface area contributed by atoms with Gasteiger partial charge in [0.25, 0.3) is 5.91 Å². The lowest BCUT2D eigenvalue weighted by molar-refractivity contribution is -0.134. The van der Waals surface area contributed by atoms with Gasteiger partial charge in [-0.3, -0.25) is 9.69 Å². The number of methoxy groups -OCH3 is 2. The number of hydrogen-bond acceptors (Lipinski definition) is 7. The summed E-state index contributed by atoms with van der Waals surface area (Å²) in [6.45, 7) is 4.32. The van der Waals surface area contributed by atoms with Gasteiger partial charge in [-0.2, -0.15) is 5.10 Å². The van der Waals surface area contributed by atoms with Crippen molar-refractivity contribution in [3.8, 4) is 11.5 Å². The molecule has 0 N–H and O–H groups in total. The van der Waals surface area contributed by atoms with Crippen LogP contribution in [0.1, 0.15) is 30.5 Å². The van der Waals surface area contributed by atoms with Crippen molar-refractivity contribution in [3.05, 3.63) is 59.4 Å². The molecular weight excluding hydrogens is 467 g/mol. The van der Waals surface area contributed by atoms with E-state index < -0.39 is 6.04 Å². The van der Waals surface area contributed by atoms with Gasteiger partial charge in [0, 0.05) is 49.8 Å². The van der Waals surface area contributed by atoms with E-state index >= 15 is 0 Å². The molecule has 2 aromatic rings. The van der Waals surface area contributed by atoms with Crippen molar-refractivity contribution in [1.29, 1.82) is 0 Å². The molecule has 0 aliphatic carbocycles. The Hall–Kier alpha value is -3.66. The molecule has 0 radical (unpaired) electrons. The maximum absolute atomic E-state index is 13.9. The van der Waals surface area contributed by atoms with E-state index in [1.54, 1.807) is 44.2 Å². The molecule has 1 saturated heterocycles. The highest BCUT2D eigenvalue weighted by Crippen LogP contribution is 2.39. The van der Waals surface area contributed by atoms with Gasteiger partial charge in [0.05, 0.1) is 39.1 Å². The van der Waals surface area contributed by atoms with Gasteiger partial charge in [-0.15, -0.1) is 0 Å². The van der Waals surface area contributed by atoms with Crippen LogP contribution in [0.2, 0.25) is 0 Å². The summed E-state index contributed by atoms with van der Waals surface area (Å²) in [6.07, 6.45) is 0.0770. The third-order valence-corrected chi connectivity index (χ3v) is 6.38.